The molecular formula is C15H18F3NO. The first-order valence-electron chi connectivity index (χ1n) is 6.81. The number of amides is 1. The second-order valence-corrected chi connectivity index (χ2v) is 5.39. The fourth-order valence-electron chi connectivity index (χ4n) is 2.71. The number of alkyl halides is 3. The zero-order valence-electron chi connectivity index (χ0n) is 11.3. The van der Waals surface area contributed by atoms with E-state index in [1.165, 1.54) is 0 Å². The van der Waals surface area contributed by atoms with Gasteiger partial charge in [0.15, 0.2) is 0 Å². The van der Waals surface area contributed by atoms with Crippen LogP contribution in [-0.4, -0.2) is 18.1 Å². The minimum atomic E-state index is -4.16. The van der Waals surface area contributed by atoms with Gasteiger partial charge in [-0.3, -0.25) is 4.79 Å². The molecule has 2 rings (SSSR count). The number of rotatable bonds is 2. The molecular weight excluding hydrogens is 267 g/mol. The highest BCUT2D eigenvalue weighted by Gasteiger charge is 2.42. The highest BCUT2D eigenvalue weighted by Crippen LogP contribution is 2.37. The average molecular weight is 285 g/mol. The Morgan fingerprint density at radius 1 is 1.25 bits per heavy atom. The first kappa shape index (κ1) is 14.9. The van der Waals surface area contributed by atoms with E-state index in [0.717, 1.165) is 5.56 Å². The lowest BCUT2D eigenvalue weighted by Gasteiger charge is -2.31. The summed E-state index contributed by atoms with van der Waals surface area (Å²) in [6, 6.07) is 6.69. The highest BCUT2D eigenvalue weighted by molar-refractivity contribution is 5.95. The van der Waals surface area contributed by atoms with E-state index in [1.807, 2.05) is 19.1 Å². The summed E-state index contributed by atoms with van der Waals surface area (Å²) in [6.07, 6.45) is -2.89. The van der Waals surface area contributed by atoms with E-state index in [-0.39, 0.29) is 24.8 Å². The number of carbonyl (C=O) groups is 1. The molecule has 1 N–H and O–H groups in total. The SMILES string of the molecule is Cc1ccccc1C(=O)N[C@H]1CCC[C@H](C(F)(F)F)C1. The molecule has 20 heavy (non-hydrogen) atoms. The van der Waals surface area contributed by atoms with Gasteiger partial charge in [-0.15, -0.1) is 0 Å². The molecule has 1 amide bonds. The summed E-state index contributed by atoms with van der Waals surface area (Å²) in [5.41, 5.74) is 1.36. The Kier molecular flexibility index (Phi) is 4.35. The summed E-state index contributed by atoms with van der Waals surface area (Å²) in [7, 11) is 0. The lowest BCUT2D eigenvalue weighted by Crippen LogP contribution is -2.41. The average Bonchev–Trinajstić information content (AvgIpc) is 2.38. The zero-order valence-corrected chi connectivity index (χ0v) is 11.3. The van der Waals surface area contributed by atoms with Crippen LogP contribution in [-0.2, 0) is 0 Å². The van der Waals surface area contributed by atoms with Crippen molar-refractivity contribution in [3.8, 4) is 0 Å². The fourth-order valence-corrected chi connectivity index (χ4v) is 2.71. The number of aryl methyl sites for hydroxylation is 1. The van der Waals surface area contributed by atoms with Gasteiger partial charge in [-0.25, -0.2) is 0 Å². The molecule has 0 bridgehead atoms. The number of hydrogen-bond acceptors (Lipinski definition) is 1. The van der Waals surface area contributed by atoms with Gasteiger partial charge in [-0.1, -0.05) is 24.6 Å². The van der Waals surface area contributed by atoms with E-state index in [0.29, 0.717) is 18.4 Å². The van der Waals surface area contributed by atoms with Crippen LogP contribution in [0.1, 0.15) is 41.6 Å². The van der Waals surface area contributed by atoms with Crippen LogP contribution in [0.5, 0.6) is 0 Å². The lowest BCUT2D eigenvalue weighted by atomic mass is 9.85. The third-order valence-corrected chi connectivity index (χ3v) is 3.86. The molecule has 0 saturated heterocycles. The van der Waals surface area contributed by atoms with Crippen LogP contribution >= 0.6 is 0 Å². The van der Waals surface area contributed by atoms with Crippen LogP contribution in [0.4, 0.5) is 13.2 Å². The van der Waals surface area contributed by atoms with Crippen molar-refractivity contribution in [2.75, 3.05) is 0 Å². The summed E-state index contributed by atoms with van der Waals surface area (Å²) in [4.78, 5) is 12.1. The quantitative estimate of drug-likeness (QED) is 0.878. The molecule has 1 aromatic rings. The van der Waals surface area contributed by atoms with E-state index in [9.17, 15) is 18.0 Å². The zero-order chi connectivity index (χ0) is 14.8. The molecule has 0 spiro atoms. The largest absolute Gasteiger partial charge is 0.391 e. The lowest BCUT2D eigenvalue weighted by molar-refractivity contribution is -0.183. The van der Waals surface area contributed by atoms with Gasteiger partial charge in [0.1, 0.15) is 0 Å². The Morgan fingerprint density at radius 3 is 2.60 bits per heavy atom. The summed E-state index contributed by atoms with van der Waals surface area (Å²) in [5, 5.41) is 2.74. The molecule has 1 saturated carbocycles. The predicted octanol–water partition coefficient (Wildman–Crippen LogP) is 3.85. The van der Waals surface area contributed by atoms with E-state index in [2.05, 4.69) is 5.32 Å². The highest BCUT2D eigenvalue weighted by atomic mass is 19.4. The van der Waals surface area contributed by atoms with Gasteiger partial charge in [-0.2, -0.15) is 13.2 Å². The van der Waals surface area contributed by atoms with Gasteiger partial charge in [0.25, 0.3) is 5.91 Å². The molecule has 1 fully saturated rings. The normalized spacial score (nSPS) is 23.4. The summed E-state index contributed by atoms with van der Waals surface area (Å²) in [6.45, 7) is 1.81. The van der Waals surface area contributed by atoms with Crippen LogP contribution in [0.25, 0.3) is 0 Å². The number of benzene rings is 1. The number of halogens is 3. The molecule has 0 aromatic heterocycles. The summed E-state index contributed by atoms with van der Waals surface area (Å²) >= 11 is 0. The Hall–Kier alpha value is -1.52. The smallest absolute Gasteiger partial charge is 0.349 e. The number of carbonyl (C=O) groups excluding carboxylic acids is 1. The maximum Gasteiger partial charge on any atom is 0.391 e. The van der Waals surface area contributed by atoms with Crippen LogP contribution < -0.4 is 5.32 Å². The van der Waals surface area contributed by atoms with Gasteiger partial charge >= 0.3 is 6.18 Å². The minimum Gasteiger partial charge on any atom is -0.349 e. The van der Waals surface area contributed by atoms with Crippen molar-refractivity contribution >= 4 is 5.91 Å². The first-order valence-corrected chi connectivity index (χ1v) is 6.81. The molecule has 0 unspecified atom stereocenters. The molecule has 1 aliphatic rings. The third kappa shape index (κ3) is 3.52. The van der Waals surface area contributed by atoms with Crippen molar-refractivity contribution in [1.29, 1.82) is 0 Å². The Morgan fingerprint density at radius 2 is 1.95 bits per heavy atom. The topological polar surface area (TPSA) is 29.1 Å². The standard InChI is InChI=1S/C15H18F3NO/c1-10-5-2-3-8-13(10)14(20)19-12-7-4-6-11(9-12)15(16,17)18/h2-3,5,8,11-12H,4,6-7,9H2,1H3,(H,19,20)/t11-,12-/m0/s1. The van der Waals surface area contributed by atoms with Gasteiger partial charge in [0.05, 0.1) is 5.92 Å². The van der Waals surface area contributed by atoms with Crippen molar-refractivity contribution in [3.05, 3.63) is 35.4 Å². The van der Waals surface area contributed by atoms with Gasteiger partial charge in [-0.05, 0) is 37.8 Å². The summed E-state index contributed by atoms with van der Waals surface area (Å²) in [5.74, 6) is -1.57. The maximum absolute atomic E-state index is 12.7. The maximum atomic E-state index is 12.7. The van der Waals surface area contributed by atoms with Gasteiger partial charge in [0, 0.05) is 11.6 Å². The molecule has 0 aliphatic heterocycles. The van der Waals surface area contributed by atoms with E-state index in [1.54, 1.807) is 12.1 Å². The Labute approximate surface area is 116 Å². The van der Waals surface area contributed by atoms with Crippen LogP contribution in [0.2, 0.25) is 0 Å². The first-order chi connectivity index (χ1) is 9.38. The van der Waals surface area contributed by atoms with Crippen LogP contribution in [0.3, 0.4) is 0 Å². The van der Waals surface area contributed by atoms with E-state index >= 15 is 0 Å². The number of nitrogens with one attached hydrogen (secondary N) is 1. The minimum absolute atomic E-state index is 0.0128. The van der Waals surface area contributed by atoms with Crippen molar-refractivity contribution in [3.63, 3.8) is 0 Å². The molecule has 2 atom stereocenters. The van der Waals surface area contributed by atoms with E-state index < -0.39 is 12.1 Å². The molecule has 1 aliphatic carbocycles. The second kappa shape index (κ2) is 5.85. The monoisotopic (exact) mass is 285 g/mol. The van der Waals surface area contributed by atoms with Crippen molar-refractivity contribution in [2.45, 2.75) is 44.8 Å². The Balaban J connectivity index is 2.00. The van der Waals surface area contributed by atoms with Gasteiger partial charge < -0.3 is 5.32 Å². The van der Waals surface area contributed by atoms with E-state index in [4.69, 9.17) is 0 Å². The van der Waals surface area contributed by atoms with Crippen LogP contribution in [0, 0.1) is 12.8 Å². The molecule has 5 heteroatoms. The molecule has 2 nitrogen and oxygen atoms in total. The van der Waals surface area contributed by atoms with Crippen LogP contribution in [0.15, 0.2) is 24.3 Å². The molecule has 0 radical (unpaired) electrons. The molecule has 1 aromatic carbocycles. The fraction of sp³-hybridized carbons (Fsp3) is 0.533. The second-order valence-electron chi connectivity index (χ2n) is 5.39. The summed E-state index contributed by atoms with van der Waals surface area (Å²) < 4.78 is 38.2. The predicted molar refractivity (Wildman–Crippen MR) is 70.4 cm³/mol. The third-order valence-electron chi connectivity index (χ3n) is 3.86. The van der Waals surface area contributed by atoms with Gasteiger partial charge in [0.2, 0.25) is 0 Å². The number of hydrogen-bond donors (Lipinski definition) is 1. The van der Waals surface area contributed by atoms with Crippen molar-refractivity contribution < 1.29 is 18.0 Å². The van der Waals surface area contributed by atoms with Crippen molar-refractivity contribution in [2.24, 2.45) is 5.92 Å². The molecule has 0 heterocycles. The Bertz CT molecular complexity index is 484. The van der Waals surface area contributed by atoms with Crippen molar-refractivity contribution in [1.82, 2.24) is 5.32 Å². The molecule has 110 valence electrons.